The van der Waals surface area contributed by atoms with Crippen LogP contribution in [-0.4, -0.2) is 10.5 Å². The molecule has 98 valence electrons. The van der Waals surface area contributed by atoms with E-state index in [0.29, 0.717) is 12.8 Å². The van der Waals surface area contributed by atoms with E-state index in [1.165, 1.54) is 0 Å². The van der Waals surface area contributed by atoms with Gasteiger partial charge in [-0.15, -0.1) is 0 Å². The number of nitro groups is 1. The van der Waals surface area contributed by atoms with Crippen molar-refractivity contribution in [2.24, 2.45) is 0 Å². The fourth-order valence-electron chi connectivity index (χ4n) is 2.09. The molecule has 1 unspecified atom stereocenters. The van der Waals surface area contributed by atoms with Crippen molar-refractivity contribution in [2.75, 3.05) is 0 Å². The molecule has 1 aromatic carbocycles. The summed E-state index contributed by atoms with van der Waals surface area (Å²) in [5.41, 5.74) is 1.23. The Balaban J connectivity index is 2.09. The molecule has 2 rings (SSSR count). The molecular formula is C16H17NO2. The van der Waals surface area contributed by atoms with Crippen molar-refractivity contribution in [1.82, 2.24) is 0 Å². The Hall–Kier alpha value is -2.16. The Morgan fingerprint density at radius 1 is 1.32 bits per heavy atom. The molecule has 1 atom stereocenters. The van der Waals surface area contributed by atoms with Crippen LogP contribution in [0.3, 0.4) is 0 Å². The molecular weight excluding hydrogens is 238 g/mol. The average Bonchev–Trinajstić information content (AvgIpc) is 2.46. The molecule has 0 bridgehead atoms. The van der Waals surface area contributed by atoms with Gasteiger partial charge in [-0.2, -0.15) is 0 Å². The minimum absolute atomic E-state index is 0.183. The van der Waals surface area contributed by atoms with Crippen LogP contribution in [0.4, 0.5) is 0 Å². The molecule has 0 aromatic heterocycles. The lowest BCUT2D eigenvalue weighted by Gasteiger charge is -2.21. The SMILES string of the molecule is CCC1([N+](=O)[O-])C=CC(C=Cc2ccccc2)=CC1. The zero-order chi connectivity index (χ0) is 13.7. The summed E-state index contributed by atoms with van der Waals surface area (Å²) in [6.07, 6.45) is 10.5. The van der Waals surface area contributed by atoms with E-state index in [-0.39, 0.29) is 4.92 Å². The fraction of sp³-hybridized carbons (Fsp3) is 0.250. The molecule has 3 heteroatoms. The molecule has 0 saturated heterocycles. The summed E-state index contributed by atoms with van der Waals surface area (Å²) >= 11 is 0. The van der Waals surface area contributed by atoms with Gasteiger partial charge in [0.15, 0.2) is 0 Å². The molecule has 0 fully saturated rings. The summed E-state index contributed by atoms with van der Waals surface area (Å²) in [6.45, 7) is 1.85. The third-order valence-electron chi connectivity index (χ3n) is 3.52. The van der Waals surface area contributed by atoms with Crippen molar-refractivity contribution in [3.05, 3.63) is 75.9 Å². The number of rotatable bonds is 4. The predicted molar refractivity (Wildman–Crippen MR) is 77.3 cm³/mol. The molecule has 1 aliphatic carbocycles. The normalized spacial score (nSPS) is 22.5. The van der Waals surface area contributed by atoms with Crippen molar-refractivity contribution in [3.63, 3.8) is 0 Å². The van der Waals surface area contributed by atoms with Gasteiger partial charge in [-0.25, -0.2) is 0 Å². The van der Waals surface area contributed by atoms with Gasteiger partial charge in [0, 0.05) is 17.8 Å². The lowest BCUT2D eigenvalue weighted by Crippen LogP contribution is -2.35. The van der Waals surface area contributed by atoms with Gasteiger partial charge < -0.3 is 0 Å². The number of benzene rings is 1. The molecule has 1 aromatic rings. The maximum Gasteiger partial charge on any atom is 0.243 e. The Labute approximate surface area is 113 Å². The van der Waals surface area contributed by atoms with E-state index in [0.717, 1.165) is 11.1 Å². The van der Waals surface area contributed by atoms with Crippen LogP contribution < -0.4 is 0 Å². The molecule has 19 heavy (non-hydrogen) atoms. The van der Waals surface area contributed by atoms with Gasteiger partial charge in [0.25, 0.3) is 0 Å². The van der Waals surface area contributed by atoms with Crippen LogP contribution in [0.5, 0.6) is 0 Å². The van der Waals surface area contributed by atoms with Crippen LogP contribution in [0, 0.1) is 10.1 Å². The van der Waals surface area contributed by atoms with Gasteiger partial charge in [0.05, 0.1) is 0 Å². The number of hydrogen-bond acceptors (Lipinski definition) is 2. The first-order valence-corrected chi connectivity index (χ1v) is 6.43. The quantitative estimate of drug-likeness (QED) is 0.602. The number of hydrogen-bond donors (Lipinski definition) is 0. The van der Waals surface area contributed by atoms with Crippen LogP contribution >= 0.6 is 0 Å². The minimum Gasteiger partial charge on any atom is -0.264 e. The Bertz CT molecular complexity index is 543. The average molecular weight is 255 g/mol. The van der Waals surface area contributed by atoms with Gasteiger partial charge in [0.1, 0.15) is 0 Å². The third-order valence-corrected chi connectivity index (χ3v) is 3.52. The van der Waals surface area contributed by atoms with Gasteiger partial charge in [0.2, 0.25) is 5.54 Å². The predicted octanol–water partition coefficient (Wildman–Crippen LogP) is 4.01. The monoisotopic (exact) mass is 255 g/mol. The zero-order valence-electron chi connectivity index (χ0n) is 11.0. The van der Waals surface area contributed by atoms with Gasteiger partial charge in [-0.3, -0.25) is 10.1 Å². The van der Waals surface area contributed by atoms with Crippen LogP contribution in [0.1, 0.15) is 25.3 Å². The summed E-state index contributed by atoms with van der Waals surface area (Å²) in [5.74, 6) is 0. The van der Waals surface area contributed by atoms with Crippen LogP contribution in [0.25, 0.3) is 6.08 Å². The first-order chi connectivity index (χ1) is 9.16. The first-order valence-electron chi connectivity index (χ1n) is 6.43. The second kappa shape index (κ2) is 5.65. The highest BCUT2D eigenvalue weighted by atomic mass is 16.6. The van der Waals surface area contributed by atoms with Crippen molar-refractivity contribution >= 4 is 6.08 Å². The fourth-order valence-corrected chi connectivity index (χ4v) is 2.09. The number of allylic oxidation sites excluding steroid dienone is 3. The smallest absolute Gasteiger partial charge is 0.243 e. The van der Waals surface area contributed by atoms with Gasteiger partial charge >= 0.3 is 0 Å². The van der Waals surface area contributed by atoms with E-state index in [2.05, 4.69) is 0 Å². The Kier molecular flexibility index (Phi) is 3.95. The highest BCUT2D eigenvalue weighted by Crippen LogP contribution is 2.28. The molecule has 3 nitrogen and oxygen atoms in total. The Morgan fingerprint density at radius 2 is 2.05 bits per heavy atom. The lowest BCUT2D eigenvalue weighted by atomic mass is 9.87. The molecule has 0 saturated carbocycles. The van der Waals surface area contributed by atoms with Crippen LogP contribution in [0.2, 0.25) is 0 Å². The summed E-state index contributed by atoms with van der Waals surface area (Å²) in [5, 5.41) is 11.1. The van der Waals surface area contributed by atoms with Crippen LogP contribution in [0.15, 0.2) is 60.2 Å². The molecule has 0 heterocycles. The molecule has 0 spiro atoms. The first kappa shape index (κ1) is 13.3. The molecule has 0 aliphatic heterocycles. The van der Waals surface area contributed by atoms with E-state index in [1.807, 2.05) is 61.6 Å². The maximum atomic E-state index is 11.1. The maximum absolute atomic E-state index is 11.1. The number of nitrogens with zero attached hydrogens (tertiary/aromatic N) is 1. The van der Waals surface area contributed by atoms with Crippen molar-refractivity contribution < 1.29 is 4.92 Å². The largest absolute Gasteiger partial charge is 0.264 e. The third kappa shape index (κ3) is 2.99. The summed E-state index contributed by atoms with van der Waals surface area (Å²) < 4.78 is 0. The molecule has 1 aliphatic rings. The van der Waals surface area contributed by atoms with E-state index in [1.54, 1.807) is 6.08 Å². The van der Waals surface area contributed by atoms with E-state index in [9.17, 15) is 10.1 Å². The second-order valence-electron chi connectivity index (χ2n) is 4.70. The summed E-state index contributed by atoms with van der Waals surface area (Å²) in [4.78, 5) is 10.9. The Morgan fingerprint density at radius 3 is 2.58 bits per heavy atom. The molecule has 0 radical (unpaired) electrons. The second-order valence-corrected chi connectivity index (χ2v) is 4.70. The van der Waals surface area contributed by atoms with Crippen molar-refractivity contribution in [3.8, 4) is 0 Å². The van der Waals surface area contributed by atoms with E-state index >= 15 is 0 Å². The lowest BCUT2D eigenvalue weighted by molar-refractivity contribution is -0.555. The topological polar surface area (TPSA) is 43.1 Å². The van der Waals surface area contributed by atoms with Crippen molar-refractivity contribution in [2.45, 2.75) is 25.3 Å². The van der Waals surface area contributed by atoms with E-state index < -0.39 is 5.54 Å². The highest BCUT2D eigenvalue weighted by molar-refractivity contribution is 5.55. The van der Waals surface area contributed by atoms with Gasteiger partial charge in [-0.1, -0.05) is 61.6 Å². The zero-order valence-corrected chi connectivity index (χ0v) is 11.0. The summed E-state index contributed by atoms with van der Waals surface area (Å²) in [7, 11) is 0. The highest BCUT2D eigenvalue weighted by Gasteiger charge is 2.38. The van der Waals surface area contributed by atoms with E-state index in [4.69, 9.17) is 0 Å². The minimum atomic E-state index is -0.913. The van der Waals surface area contributed by atoms with Crippen molar-refractivity contribution in [1.29, 1.82) is 0 Å². The van der Waals surface area contributed by atoms with Crippen LogP contribution in [-0.2, 0) is 0 Å². The molecule has 0 N–H and O–H groups in total. The summed E-state index contributed by atoms with van der Waals surface area (Å²) in [6, 6.07) is 10.00. The molecule has 0 amide bonds. The standard InChI is InChI=1S/C16H17NO2/c1-2-16(17(18)19)12-10-15(11-13-16)9-8-14-6-4-3-5-7-14/h3-12H,2,13H2,1H3. The van der Waals surface area contributed by atoms with Gasteiger partial charge in [-0.05, 0) is 17.2 Å².